The van der Waals surface area contributed by atoms with Crippen molar-refractivity contribution < 1.29 is 32.7 Å². The summed E-state index contributed by atoms with van der Waals surface area (Å²) in [4.78, 5) is 22.7. The summed E-state index contributed by atoms with van der Waals surface area (Å²) >= 11 is 0. The van der Waals surface area contributed by atoms with Crippen LogP contribution in [0.5, 0.6) is 0 Å². The molecule has 162 valence electrons. The largest absolute Gasteiger partial charge is 0.460 e. The van der Waals surface area contributed by atoms with Crippen LogP contribution in [0.2, 0.25) is 0 Å². The van der Waals surface area contributed by atoms with Gasteiger partial charge in [-0.15, -0.1) is 0 Å². The fourth-order valence-electron chi connectivity index (χ4n) is 2.12. The molecule has 0 saturated carbocycles. The number of esters is 2. The molecule has 0 rings (SSSR count). The molecule has 0 aliphatic heterocycles. The van der Waals surface area contributed by atoms with Gasteiger partial charge in [-0.25, -0.2) is 9.59 Å². The Balaban J connectivity index is 4.39. The van der Waals surface area contributed by atoms with E-state index in [1.807, 2.05) is 0 Å². The standard InChI is InChI=1S/C20H35O7P/c1-6-7-8-9-10-11-16-28(23,26-14-12-24-19(21)17(2)3)27-15-13-25-20(22)18(4)5/h2,4,6-16H2,1,3,5H3. The van der Waals surface area contributed by atoms with Crippen LogP contribution in [-0.4, -0.2) is 44.5 Å². The molecule has 0 heterocycles. The number of hydrogen-bond acceptors (Lipinski definition) is 7. The fraction of sp³-hybridized carbons (Fsp3) is 0.700. The number of hydrogen-bond donors (Lipinski definition) is 0. The second-order valence-corrected chi connectivity index (χ2v) is 8.79. The van der Waals surface area contributed by atoms with Crippen molar-refractivity contribution in [1.29, 1.82) is 0 Å². The van der Waals surface area contributed by atoms with E-state index in [0.29, 0.717) is 6.42 Å². The van der Waals surface area contributed by atoms with Crippen LogP contribution in [0.25, 0.3) is 0 Å². The third-order valence-electron chi connectivity index (χ3n) is 3.69. The molecule has 0 atom stereocenters. The molecule has 0 amide bonds. The van der Waals surface area contributed by atoms with Crippen molar-refractivity contribution in [2.75, 3.05) is 32.6 Å². The number of rotatable bonds is 17. The van der Waals surface area contributed by atoms with E-state index in [-0.39, 0.29) is 43.7 Å². The first-order valence-electron chi connectivity index (χ1n) is 9.75. The van der Waals surface area contributed by atoms with Crippen LogP contribution in [0, 0.1) is 0 Å². The molecule has 0 unspecified atom stereocenters. The Bertz CT molecular complexity index is 519. The lowest BCUT2D eigenvalue weighted by Crippen LogP contribution is -2.14. The molecule has 0 aliphatic carbocycles. The minimum atomic E-state index is -3.37. The van der Waals surface area contributed by atoms with Gasteiger partial charge in [0.15, 0.2) is 0 Å². The highest BCUT2D eigenvalue weighted by Gasteiger charge is 2.24. The van der Waals surface area contributed by atoms with Gasteiger partial charge in [-0.3, -0.25) is 4.57 Å². The third-order valence-corrected chi connectivity index (χ3v) is 5.71. The predicted octanol–water partition coefficient (Wildman–Crippen LogP) is 4.81. The van der Waals surface area contributed by atoms with Crippen LogP contribution in [0.15, 0.2) is 24.3 Å². The first kappa shape index (κ1) is 26.6. The van der Waals surface area contributed by atoms with Gasteiger partial charge in [0.1, 0.15) is 13.2 Å². The van der Waals surface area contributed by atoms with Crippen LogP contribution in [0.4, 0.5) is 0 Å². The van der Waals surface area contributed by atoms with Gasteiger partial charge in [0.05, 0.1) is 19.4 Å². The van der Waals surface area contributed by atoms with Gasteiger partial charge in [-0.2, -0.15) is 0 Å². The Hall–Kier alpha value is -1.43. The van der Waals surface area contributed by atoms with Gasteiger partial charge in [0, 0.05) is 11.1 Å². The number of carbonyl (C=O) groups excluding carboxylic acids is 2. The van der Waals surface area contributed by atoms with Crippen molar-refractivity contribution in [3.8, 4) is 0 Å². The average molecular weight is 418 g/mol. The van der Waals surface area contributed by atoms with Gasteiger partial charge in [-0.05, 0) is 20.3 Å². The Morgan fingerprint density at radius 3 is 1.61 bits per heavy atom. The normalized spacial score (nSPS) is 11.1. The average Bonchev–Trinajstić information content (AvgIpc) is 2.64. The number of ether oxygens (including phenoxy) is 2. The van der Waals surface area contributed by atoms with Gasteiger partial charge in [0.25, 0.3) is 0 Å². The van der Waals surface area contributed by atoms with Gasteiger partial charge in [-0.1, -0.05) is 52.2 Å². The lowest BCUT2D eigenvalue weighted by Gasteiger charge is -2.19. The van der Waals surface area contributed by atoms with Crippen LogP contribution < -0.4 is 0 Å². The van der Waals surface area contributed by atoms with E-state index in [1.54, 1.807) is 13.8 Å². The predicted molar refractivity (Wildman–Crippen MR) is 109 cm³/mol. The zero-order chi connectivity index (χ0) is 21.4. The first-order valence-corrected chi connectivity index (χ1v) is 11.5. The van der Waals surface area contributed by atoms with Crippen molar-refractivity contribution in [3.63, 3.8) is 0 Å². The molecular formula is C20H35O7P. The van der Waals surface area contributed by atoms with E-state index in [4.69, 9.17) is 18.5 Å². The Morgan fingerprint density at radius 1 is 0.750 bits per heavy atom. The van der Waals surface area contributed by atoms with Crippen molar-refractivity contribution in [3.05, 3.63) is 24.3 Å². The van der Waals surface area contributed by atoms with Crippen molar-refractivity contribution in [2.24, 2.45) is 0 Å². The minimum Gasteiger partial charge on any atom is -0.460 e. The molecule has 0 saturated heterocycles. The summed E-state index contributed by atoms with van der Waals surface area (Å²) in [5.74, 6) is -1.05. The minimum absolute atomic E-state index is 0.0415. The summed E-state index contributed by atoms with van der Waals surface area (Å²) in [7, 11) is -3.37. The van der Waals surface area contributed by atoms with E-state index in [9.17, 15) is 14.2 Å². The number of carbonyl (C=O) groups is 2. The van der Waals surface area contributed by atoms with Crippen molar-refractivity contribution in [1.82, 2.24) is 0 Å². The van der Waals surface area contributed by atoms with Gasteiger partial charge in [0.2, 0.25) is 0 Å². The second-order valence-electron chi connectivity index (χ2n) is 6.60. The Morgan fingerprint density at radius 2 is 1.18 bits per heavy atom. The van der Waals surface area contributed by atoms with E-state index in [2.05, 4.69) is 20.1 Å². The summed E-state index contributed by atoms with van der Waals surface area (Å²) in [6.07, 6.45) is 6.48. The van der Waals surface area contributed by atoms with Crippen LogP contribution in [0.3, 0.4) is 0 Å². The topological polar surface area (TPSA) is 88.1 Å². The highest BCUT2D eigenvalue weighted by Crippen LogP contribution is 2.48. The van der Waals surface area contributed by atoms with Crippen molar-refractivity contribution in [2.45, 2.75) is 59.3 Å². The molecule has 0 aromatic heterocycles. The second kappa shape index (κ2) is 15.5. The molecule has 0 aliphatic rings. The molecule has 0 radical (unpaired) electrons. The Labute approximate surface area is 169 Å². The van der Waals surface area contributed by atoms with E-state index in [1.165, 1.54) is 6.42 Å². The Kier molecular flexibility index (Phi) is 14.7. The lowest BCUT2D eigenvalue weighted by molar-refractivity contribution is -0.140. The summed E-state index contributed by atoms with van der Waals surface area (Å²) in [5.41, 5.74) is 0.566. The summed E-state index contributed by atoms with van der Waals surface area (Å²) < 4.78 is 33.6. The van der Waals surface area contributed by atoms with Gasteiger partial charge >= 0.3 is 19.5 Å². The quantitative estimate of drug-likeness (QED) is 0.145. The molecule has 0 N–H and O–H groups in total. The SMILES string of the molecule is C=C(C)C(=O)OCCOP(=O)(CCCCCCCC)OCCOC(=O)C(=C)C. The smallest absolute Gasteiger partial charge is 0.333 e. The molecule has 8 heteroatoms. The maximum atomic E-state index is 12.9. The first-order chi connectivity index (χ1) is 13.2. The van der Waals surface area contributed by atoms with Crippen LogP contribution in [0.1, 0.15) is 59.3 Å². The monoisotopic (exact) mass is 418 g/mol. The molecule has 0 fully saturated rings. The van der Waals surface area contributed by atoms with Gasteiger partial charge < -0.3 is 18.5 Å². The molecule has 0 spiro atoms. The summed E-state index contributed by atoms with van der Waals surface area (Å²) in [6, 6.07) is 0. The third kappa shape index (κ3) is 13.7. The van der Waals surface area contributed by atoms with E-state index < -0.39 is 19.5 Å². The summed E-state index contributed by atoms with van der Waals surface area (Å²) in [6.45, 7) is 12.0. The molecule has 28 heavy (non-hydrogen) atoms. The van der Waals surface area contributed by atoms with Crippen molar-refractivity contribution >= 4 is 19.5 Å². The maximum Gasteiger partial charge on any atom is 0.333 e. The zero-order valence-corrected chi connectivity index (χ0v) is 18.4. The highest BCUT2D eigenvalue weighted by molar-refractivity contribution is 7.53. The fourth-order valence-corrected chi connectivity index (χ4v) is 3.77. The molecule has 0 aromatic carbocycles. The highest BCUT2D eigenvalue weighted by atomic mass is 31.2. The van der Waals surface area contributed by atoms with Crippen LogP contribution in [-0.2, 0) is 32.7 Å². The maximum absolute atomic E-state index is 12.9. The van der Waals surface area contributed by atoms with E-state index in [0.717, 1.165) is 25.7 Å². The molecule has 0 aromatic rings. The van der Waals surface area contributed by atoms with E-state index >= 15 is 0 Å². The lowest BCUT2D eigenvalue weighted by atomic mass is 10.1. The van der Waals surface area contributed by atoms with Crippen LogP contribution >= 0.6 is 7.60 Å². The molecule has 7 nitrogen and oxygen atoms in total. The zero-order valence-electron chi connectivity index (χ0n) is 17.5. The summed E-state index contributed by atoms with van der Waals surface area (Å²) in [5, 5.41) is 0. The molecular weight excluding hydrogens is 383 g/mol. The number of unbranched alkanes of at least 4 members (excludes halogenated alkanes) is 5. The molecule has 0 bridgehead atoms.